The van der Waals surface area contributed by atoms with Crippen molar-refractivity contribution in [2.45, 2.75) is 0 Å². The average Bonchev–Trinajstić information content (AvgIpc) is 3.12. The van der Waals surface area contributed by atoms with Gasteiger partial charge in [0.15, 0.2) is 11.2 Å². The number of oxazole rings is 1. The van der Waals surface area contributed by atoms with E-state index in [0.29, 0.717) is 28.4 Å². The molecule has 0 radical (unpaired) electrons. The van der Waals surface area contributed by atoms with E-state index in [1.165, 1.54) is 18.2 Å². The molecule has 0 bridgehead atoms. The molecule has 4 aromatic rings. The lowest BCUT2D eigenvalue weighted by Crippen LogP contribution is -2.13. The second-order valence-electron chi connectivity index (χ2n) is 5.65. The number of benzene rings is 2. The topological polar surface area (TPSA) is 111 Å². The number of rotatable bonds is 4. The summed E-state index contributed by atoms with van der Waals surface area (Å²) >= 11 is 0. The molecule has 132 valence electrons. The van der Waals surface area contributed by atoms with Crippen molar-refractivity contribution in [1.82, 2.24) is 9.97 Å². The lowest BCUT2D eigenvalue weighted by Gasteiger charge is -2.06. The summed E-state index contributed by atoms with van der Waals surface area (Å²) in [6.07, 6.45) is 1.62. The molecule has 0 aliphatic carbocycles. The van der Waals surface area contributed by atoms with Crippen molar-refractivity contribution in [1.29, 1.82) is 0 Å². The molecule has 27 heavy (non-hydrogen) atoms. The number of amides is 1. The van der Waals surface area contributed by atoms with Crippen LogP contribution in [0.25, 0.3) is 22.7 Å². The molecular weight excluding hydrogens is 348 g/mol. The third kappa shape index (κ3) is 3.23. The van der Waals surface area contributed by atoms with E-state index in [0.717, 1.165) is 0 Å². The fourth-order valence-electron chi connectivity index (χ4n) is 2.65. The van der Waals surface area contributed by atoms with Crippen molar-refractivity contribution >= 4 is 28.5 Å². The maximum absolute atomic E-state index is 12.5. The quantitative estimate of drug-likeness (QED) is 0.434. The van der Waals surface area contributed by atoms with Gasteiger partial charge in [-0.15, -0.1) is 0 Å². The van der Waals surface area contributed by atoms with Gasteiger partial charge in [0.2, 0.25) is 5.89 Å². The summed E-state index contributed by atoms with van der Waals surface area (Å²) in [5.41, 5.74) is 1.89. The summed E-state index contributed by atoms with van der Waals surface area (Å²) in [4.78, 5) is 31.4. The van der Waals surface area contributed by atoms with Crippen LogP contribution in [0.4, 0.5) is 11.4 Å². The van der Waals surface area contributed by atoms with E-state index >= 15 is 0 Å². The van der Waals surface area contributed by atoms with Crippen LogP contribution in [0.1, 0.15) is 10.4 Å². The van der Waals surface area contributed by atoms with Gasteiger partial charge >= 0.3 is 0 Å². The molecule has 4 rings (SSSR count). The molecule has 0 unspecified atom stereocenters. The summed E-state index contributed by atoms with van der Waals surface area (Å²) in [5.74, 6) is -0.204. The first-order chi connectivity index (χ1) is 13.1. The Hall–Kier alpha value is -4.07. The molecule has 0 fully saturated rings. The van der Waals surface area contributed by atoms with Crippen molar-refractivity contribution in [2.24, 2.45) is 0 Å². The van der Waals surface area contributed by atoms with Crippen molar-refractivity contribution in [3.8, 4) is 11.5 Å². The van der Waals surface area contributed by atoms with E-state index in [1.807, 2.05) is 0 Å². The zero-order valence-electron chi connectivity index (χ0n) is 13.8. The Morgan fingerprint density at radius 1 is 1.07 bits per heavy atom. The number of fused-ring (bicyclic) bond motifs is 1. The van der Waals surface area contributed by atoms with Crippen molar-refractivity contribution < 1.29 is 14.1 Å². The molecule has 2 heterocycles. The predicted molar refractivity (Wildman–Crippen MR) is 98.3 cm³/mol. The van der Waals surface area contributed by atoms with Crippen LogP contribution in [0, 0.1) is 10.1 Å². The highest BCUT2D eigenvalue weighted by atomic mass is 16.6. The van der Waals surface area contributed by atoms with Gasteiger partial charge in [0.25, 0.3) is 11.6 Å². The van der Waals surface area contributed by atoms with Crippen molar-refractivity contribution in [3.05, 3.63) is 82.5 Å². The second-order valence-corrected chi connectivity index (χ2v) is 5.65. The zero-order valence-corrected chi connectivity index (χ0v) is 13.8. The minimum atomic E-state index is -0.587. The van der Waals surface area contributed by atoms with Crippen LogP contribution in [0.2, 0.25) is 0 Å². The number of hydrogen-bond acceptors (Lipinski definition) is 6. The third-order valence-corrected chi connectivity index (χ3v) is 3.88. The standard InChI is InChI=1S/C19H12N4O4/c24-18(14-7-1-2-8-15(14)23(25)26)21-13-6-3-5-12(11-13)19-22-17-16(27-19)9-4-10-20-17/h1-11H,(H,21,24). The minimum absolute atomic E-state index is 0.0148. The molecule has 0 spiro atoms. The molecule has 2 aromatic carbocycles. The zero-order chi connectivity index (χ0) is 18.8. The molecule has 1 N–H and O–H groups in total. The number of carbonyl (C=O) groups is 1. The van der Waals surface area contributed by atoms with Crippen LogP contribution in [-0.4, -0.2) is 20.8 Å². The second kappa shape index (κ2) is 6.68. The Kier molecular flexibility index (Phi) is 4.06. The number of nitrogens with zero attached hydrogens (tertiary/aromatic N) is 3. The van der Waals surface area contributed by atoms with Crippen LogP contribution >= 0.6 is 0 Å². The van der Waals surface area contributed by atoms with Gasteiger partial charge in [0.05, 0.1) is 4.92 Å². The highest BCUT2D eigenvalue weighted by molar-refractivity contribution is 6.07. The third-order valence-electron chi connectivity index (χ3n) is 3.88. The highest BCUT2D eigenvalue weighted by Gasteiger charge is 2.19. The summed E-state index contributed by atoms with van der Waals surface area (Å²) in [5, 5.41) is 13.8. The number of nitro benzene ring substituents is 1. The van der Waals surface area contributed by atoms with Crippen LogP contribution in [0.3, 0.4) is 0 Å². The number of pyridine rings is 1. The van der Waals surface area contributed by atoms with Gasteiger partial charge in [-0.3, -0.25) is 14.9 Å². The Labute approximate surface area is 152 Å². The van der Waals surface area contributed by atoms with Crippen LogP contribution in [0.5, 0.6) is 0 Å². The average molecular weight is 360 g/mol. The molecule has 8 heteroatoms. The number of nitro groups is 1. The molecule has 1 amide bonds. The van der Waals surface area contributed by atoms with Crippen molar-refractivity contribution in [3.63, 3.8) is 0 Å². The van der Waals surface area contributed by atoms with E-state index in [-0.39, 0.29) is 11.3 Å². The van der Waals surface area contributed by atoms with Gasteiger partial charge < -0.3 is 9.73 Å². The SMILES string of the molecule is O=C(Nc1cccc(-c2nc3ncccc3o2)c1)c1ccccc1[N+](=O)[O-]. The van der Waals surface area contributed by atoms with Crippen LogP contribution in [0.15, 0.2) is 71.3 Å². The molecule has 0 saturated carbocycles. The number of para-hydroxylation sites is 1. The first kappa shape index (κ1) is 16.4. The number of hydrogen-bond donors (Lipinski definition) is 1. The van der Waals surface area contributed by atoms with Gasteiger partial charge in [-0.05, 0) is 36.4 Å². The molecule has 0 saturated heterocycles. The molecule has 0 aliphatic rings. The van der Waals surface area contributed by atoms with Gasteiger partial charge in [-0.25, -0.2) is 4.98 Å². The van der Waals surface area contributed by atoms with E-state index in [2.05, 4.69) is 15.3 Å². The molecule has 2 aromatic heterocycles. The van der Waals surface area contributed by atoms with Gasteiger partial charge in [0.1, 0.15) is 5.56 Å². The van der Waals surface area contributed by atoms with E-state index in [9.17, 15) is 14.9 Å². The monoisotopic (exact) mass is 360 g/mol. The number of aromatic nitrogens is 2. The molecule has 8 nitrogen and oxygen atoms in total. The Morgan fingerprint density at radius 2 is 1.93 bits per heavy atom. The highest BCUT2D eigenvalue weighted by Crippen LogP contribution is 2.26. The van der Waals surface area contributed by atoms with Crippen LogP contribution < -0.4 is 5.32 Å². The fourth-order valence-corrected chi connectivity index (χ4v) is 2.65. The van der Waals surface area contributed by atoms with Gasteiger partial charge in [0, 0.05) is 23.5 Å². The number of carbonyl (C=O) groups excluding carboxylic acids is 1. The first-order valence-corrected chi connectivity index (χ1v) is 7.98. The summed E-state index contributed by atoms with van der Waals surface area (Å²) in [6.45, 7) is 0. The van der Waals surface area contributed by atoms with E-state index in [4.69, 9.17) is 4.42 Å². The maximum Gasteiger partial charge on any atom is 0.282 e. The summed E-state index contributed by atoms with van der Waals surface area (Å²) in [7, 11) is 0. The molecular formula is C19H12N4O4. The summed E-state index contributed by atoms with van der Waals surface area (Å²) in [6, 6.07) is 16.2. The Bertz CT molecular complexity index is 1140. The summed E-state index contributed by atoms with van der Waals surface area (Å²) < 4.78 is 5.67. The van der Waals surface area contributed by atoms with Crippen LogP contribution in [-0.2, 0) is 0 Å². The van der Waals surface area contributed by atoms with E-state index in [1.54, 1.807) is 48.7 Å². The Morgan fingerprint density at radius 3 is 2.74 bits per heavy atom. The normalized spacial score (nSPS) is 10.7. The maximum atomic E-state index is 12.5. The number of nitrogens with one attached hydrogen (secondary N) is 1. The Balaban J connectivity index is 1.63. The van der Waals surface area contributed by atoms with Crippen molar-refractivity contribution in [2.75, 3.05) is 5.32 Å². The predicted octanol–water partition coefficient (Wildman–Crippen LogP) is 4.05. The van der Waals surface area contributed by atoms with Gasteiger partial charge in [-0.2, -0.15) is 4.98 Å². The largest absolute Gasteiger partial charge is 0.434 e. The minimum Gasteiger partial charge on any atom is -0.434 e. The first-order valence-electron chi connectivity index (χ1n) is 7.98. The smallest absolute Gasteiger partial charge is 0.282 e. The number of anilines is 1. The molecule has 0 atom stereocenters. The lowest BCUT2D eigenvalue weighted by molar-refractivity contribution is -0.385. The lowest BCUT2D eigenvalue weighted by atomic mass is 10.1. The molecule has 0 aliphatic heterocycles. The fraction of sp³-hybridized carbons (Fsp3) is 0. The van der Waals surface area contributed by atoms with E-state index < -0.39 is 10.8 Å². The van der Waals surface area contributed by atoms with Gasteiger partial charge in [-0.1, -0.05) is 18.2 Å².